The summed E-state index contributed by atoms with van der Waals surface area (Å²) in [4.78, 5) is 0. The van der Waals surface area contributed by atoms with Crippen LogP contribution in [-0.2, 0) is 0 Å². The molecule has 0 aliphatic heterocycles. The van der Waals surface area contributed by atoms with Gasteiger partial charge in [0.1, 0.15) is 8.07 Å². The van der Waals surface area contributed by atoms with Gasteiger partial charge in [-0.3, -0.25) is 0 Å². The molecule has 13 heavy (non-hydrogen) atoms. The predicted molar refractivity (Wildman–Crippen MR) is 61.3 cm³/mol. The van der Waals surface area contributed by atoms with Gasteiger partial charge in [0.2, 0.25) is 0 Å². The molecule has 2 heteroatoms. The van der Waals surface area contributed by atoms with Crippen LogP contribution >= 0.6 is 0 Å². The van der Waals surface area contributed by atoms with Crippen LogP contribution in [0.2, 0.25) is 18.1 Å². The average molecular weight is 198 g/mol. The summed E-state index contributed by atoms with van der Waals surface area (Å²) in [5.74, 6) is 3.09. The Morgan fingerprint density at radius 2 is 1.77 bits per heavy atom. The van der Waals surface area contributed by atoms with Gasteiger partial charge in [-0.25, -0.2) is 0 Å². The van der Waals surface area contributed by atoms with Crippen LogP contribution in [0.3, 0.4) is 0 Å². The first kappa shape index (κ1) is 12.7. The summed E-state index contributed by atoms with van der Waals surface area (Å²) in [6, 6.07) is 0. The summed E-state index contributed by atoms with van der Waals surface area (Å²) >= 11 is 0. The largest absolute Gasteiger partial charge is 0.392 e. The van der Waals surface area contributed by atoms with Crippen LogP contribution in [0.1, 0.15) is 34.1 Å². The summed E-state index contributed by atoms with van der Waals surface area (Å²) < 4.78 is 0. The van der Waals surface area contributed by atoms with E-state index in [1.165, 1.54) is 0 Å². The summed E-state index contributed by atoms with van der Waals surface area (Å²) in [6.45, 7) is 13.1. The first-order valence-corrected chi connectivity index (χ1v) is 7.85. The second-order valence-electron chi connectivity index (χ2n) is 5.23. The fourth-order valence-corrected chi connectivity index (χ4v) is 1.53. The normalized spacial score (nSPS) is 14.7. The zero-order valence-corrected chi connectivity index (χ0v) is 10.7. The van der Waals surface area contributed by atoms with Crippen LogP contribution in [0.25, 0.3) is 0 Å². The molecule has 0 heterocycles. The number of hydrogen-bond donors (Lipinski definition) is 1. The highest BCUT2D eigenvalue weighted by molar-refractivity contribution is 6.87. The molecule has 0 aliphatic carbocycles. The molecule has 0 spiro atoms. The highest BCUT2D eigenvalue weighted by Gasteiger charge is 2.33. The third kappa shape index (κ3) is 4.49. The van der Waals surface area contributed by atoms with Crippen molar-refractivity contribution in [2.24, 2.45) is 0 Å². The lowest BCUT2D eigenvalue weighted by molar-refractivity contribution is 0.201. The van der Waals surface area contributed by atoms with E-state index in [0.29, 0.717) is 11.5 Å². The van der Waals surface area contributed by atoms with Crippen molar-refractivity contribution in [1.29, 1.82) is 0 Å². The maximum atomic E-state index is 9.06. The highest BCUT2D eigenvalue weighted by atomic mass is 28.3. The molecule has 0 aromatic heterocycles. The van der Waals surface area contributed by atoms with Crippen molar-refractivity contribution in [3.05, 3.63) is 0 Å². The fourth-order valence-electron chi connectivity index (χ4n) is 0.607. The van der Waals surface area contributed by atoms with Crippen molar-refractivity contribution in [2.45, 2.75) is 58.4 Å². The van der Waals surface area contributed by atoms with Gasteiger partial charge in [-0.05, 0) is 12.0 Å². The zero-order chi connectivity index (χ0) is 10.7. The first-order chi connectivity index (χ1) is 5.67. The molecular formula is C11H22OSi. The average Bonchev–Trinajstić information content (AvgIpc) is 1.82. The molecule has 1 unspecified atom stereocenters. The van der Waals surface area contributed by atoms with Gasteiger partial charge in [0.05, 0.1) is 6.10 Å². The van der Waals surface area contributed by atoms with Crippen molar-refractivity contribution >= 4 is 8.07 Å². The second kappa shape index (κ2) is 4.30. The van der Waals surface area contributed by atoms with E-state index in [2.05, 4.69) is 45.3 Å². The van der Waals surface area contributed by atoms with Gasteiger partial charge in [0.25, 0.3) is 0 Å². The van der Waals surface area contributed by atoms with Crippen molar-refractivity contribution < 1.29 is 5.11 Å². The van der Waals surface area contributed by atoms with E-state index in [0.717, 1.165) is 0 Å². The summed E-state index contributed by atoms with van der Waals surface area (Å²) in [5, 5.41) is 9.38. The Bertz CT molecular complexity index is 212. The van der Waals surface area contributed by atoms with Crippen molar-refractivity contribution in [3.8, 4) is 11.5 Å². The molecule has 0 saturated heterocycles. The maximum Gasteiger partial charge on any atom is 0.137 e. The minimum absolute atomic E-state index is 0.294. The van der Waals surface area contributed by atoms with E-state index in [9.17, 15) is 0 Å². The highest BCUT2D eigenvalue weighted by Crippen LogP contribution is 2.35. The van der Waals surface area contributed by atoms with Crippen LogP contribution in [0.5, 0.6) is 0 Å². The smallest absolute Gasteiger partial charge is 0.137 e. The minimum atomic E-state index is -1.44. The molecule has 0 aliphatic rings. The van der Waals surface area contributed by atoms with Crippen LogP contribution in [0.15, 0.2) is 0 Å². The lowest BCUT2D eigenvalue weighted by Gasteiger charge is -2.31. The van der Waals surface area contributed by atoms with Crippen molar-refractivity contribution in [3.63, 3.8) is 0 Å². The first-order valence-electron chi connectivity index (χ1n) is 4.85. The van der Waals surface area contributed by atoms with Gasteiger partial charge < -0.3 is 5.11 Å². The molecule has 0 amide bonds. The Balaban J connectivity index is 4.39. The molecule has 0 bridgehead atoms. The van der Waals surface area contributed by atoms with Gasteiger partial charge in [0, 0.05) is 6.42 Å². The van der Waals surface area contributed by atoms with E-state index >= 15 is 0 Å². The molecule has 1 nitrogen and oxygen atoms in total. The van der Waals surface area contributed by atoms with Crippen molar-refractivity contribution in [1.82, 2.24) is 0 Å². The Labute approximate surface area is 83.6 Å². The SMILES string of the molecule is CC(O)CC#C[Si](C)(C)C(C)(C)C. The Morgan fingerprint density at radius 3 is 2.08 bits per heavy atom. The maximum absolute atomic E-state index is 9.06. The fraction of sp³-hybridized carbons (Fsp3) is 0.818. The van der Waals surface area contributed by atoms with E-state index in [1.54, 1.807) is 6.92 Å². The summed E-state index contributed by atoms with van der Waals surface area (Å²) in [6.07, 6.45) is 0.309. The van der Waals surface area contributed by atoms with Gasteiger partial charge in [-0.15, -0.1) is 11.5 Å². The molecule has 76 valence electrons. The van der Waals surface area contributed by atoms with Gasteiger partial charge in [0.15, 0.2) is 0 Å². The number of rotatable bonds is 1. The molecule has 0 radical (unpaired) electrons. The summed E-state index contributed by atoms with van der Waals surface area (Å²) in [5.41, 5.74) is 3.36. The molecule has 0 aromatic rings. The predicted octanol–water partition coefficient (Wildman–Crippen LogP) is 2.81. The van der Waals surface area contributed by atoms with Crippen LogP contribution in [0, 0.1) is 11.5 Å². The topological polar surface area (TPSA) is 20.2 Å². The molecule has 0 fully saturated rings. The lowest BCUT2D eigenvalue weighted by Crippen LogP contribution is -2.35. The van der Waals surface area contributed by atoms with Crippen LogP contribution < -0.4 is 0 Å². The van der Waals surface area contributed by atoms with Crippen LogP contribution in [0.4, 0.5) is 0 Å². The Kier molecular flexibility index (Phi) is 4.21. The van der Waals surface area contributed by atoms with Gasteiger partial charge in [-0.2, -0.15) is 0 Å². The van der Waals surface area contributed by atoms with E-state index in [1.807, 2.05) is 0 Å². The third-order valence-corrected chi connectivity index (χ3v) is 7.23. The molecule has 0 aromatic carbocycles. The lowest BCUT2D eigenvalue weighted by atomic mass is 10.2. The van der Waals surface area contributed by atoms with Gasteiger partial charge in [-0.1, -0.05) is 33.9 Å². The number of hydrogen-bond acceptors (Lipinski definition) is 1. The zero-order valence-electron chi connectivity index (χ0n) is 9.73. The number of aliphatic hydroxyl groups excluding tert-OH is 1. The number of aliphatic hydroxyl groups is 1. The third-order valence-electron chi connectivity index (χ3n) is 2.67. The standard InChI is InChI=1S/C11H22OSi/c1-10(12)8-7-9-13(5,6)11(2,3)4/h10,12H,8H2,1-6H3. The molecular weight excluding hydrogens is 176 g/mol. The molecule has 0 saturated carbocycles. The van der Waals surface area contributed by atoms with Gasteiger partial charge >= 0.3 is 0 Å². The quantitative estimate of drug-likeness (QED) is 0.507. The van der Waals surface area contributed by atoms with Crippen LogP contribution in [-0.4, -0.2) is 19.3 Å². The Morgan fingerprint density at radius 1 is 1.31 bits per heavy atom. The second-order valence-corrected chi connectivity index (χ2v) is 10.2. The monoisotopic (exact) mass is 198 g/mol. The van der Waals surface area contributed by atoms with E-state index in [4.69, 9.17) is 5.11 Å². The molecule has 1 atom stereocenters. The van der Waals surface area contributed by atoms with E-state index in [-0.39, 0.29) is 6.10 Å². The minimum Gasteiger partial charge on any atom is -0.392 e. The van der Waals surface area contributed by atoms with E-state index < -0.39 is 8.07 Å². The molecule has 1 N–H and O–H groups in total. The molecule has 0 rings (SSSR count). The van der Waals surface area contributed by atoms with Crippen molar-refractivity contribution in [2.75, 3.05) is 0 Å². The Hall–Kier alpha value is -0.263. The summed E-state index contributed by atoms with van der Waals surface area (Å²) in [7, 11) is -1.44.